The molecule has 12 aromatic heterocycles. The molecule has 0 bridgehead atoms. The zero-order chi connectivity index (χ0) is 80.7. The van der Waals surface area contributed by atoms with Gasteiger partial charge in [-0.3, -0.25) is 64.7 Å². The number of aliphatic hydroxyl groups excluding tert-OH is 1. The molecule has 12 heterocycles. The number of rotatable bonds is 16. The number of pyridine rings is 8. The highest BCUT2D eigenvalue weighted by Gasteiger charge is 2.15. The number of aliphatic hydroxyl groups is 1. The van der Waals surface area contributed by atoms with Crippen molar-refractivity contribution in [3.8, 4) is 85.8 Å². The summed E-state index contributed by atoms with van der Waals surface area (Å²) in [5, 5.41) is 43.9. The summed E-state index contributed by atoms with van der Waals surface area (Å²) in [6.07, 6.45) is 31.7. The Morgan fingerprint density at radius 3 is 1.25 bits per heavy atom. The van der Waals surface area contributed by atoms with Crippen LogP contribution < -0.4 is 11.1 Å². The predicted octanol–water partition coefficient (Wildman–Crippen LogP) is 17.1. The lowest BCUT2D eigenvalue weighted by Crippen LogP contribution is -2.12. The van der Waals surface area contributed by atoms with Crippen LogP contribution in [0.2, 0.25) is 0 Å². The first-order valence-electron chi connectivity index (χ1n) is 36.6. The molecule has 0 aliphatic rings. The Morgan fingerprint density at radius 2 is 0.895 bits per heavy atom. The van der Waals surface area contributed by atoms with Gasteiger partial charge in [-0.05, 0) is 236 Å². The fourth-order valence-corrected chi connectivity index (χ4v) is 10.6. The Hall–Kier alpha value is -14.4. The molecule has 1 amide bonds. The number of Topliss-reactive ketones (excluding diaryl/α,β-unsaturated/α-hetero) is 1. The van der Waals surface area contributed by atoms with Crippen molar-refractivity contribution in [2.45, 2.75) is 86.2 Å². The summed E-state index contributed by atoms with van der Waals surface area (Å²) in [4.78, 5) is 65.4. The van der Waals surface area contributed by atoms with E-state index in [0.717, 1.165) is 138 Å². The van der Waals surface area contributed by atoms with Gasteiger partial charge in [0.15, 0.2) is 0 Å². The highest BCUT2D eigenvalue weighted by Crippen LogP contribution is 2.27. The van der Waals surface area contributed by atoms with Crippen LogP contribution in [-0.2, 0) is 30.5 Å². The molecule has 5 N–H and O–H groups in total. The lowest BCUT2D eigenvalue weighted by atomic mass is 10.2. The van der Waals surface area contributed by atoms with Crippen molar-refractivity contribution in [1.29, 1.82) is 0 Å². The number of non-ortho nitro benzene ring substituents is 1. The van der Waals surface area contributed by atoms with Gasteiger partial charge in [-0.2, -0.15) is 20.4 Å². The normalized spacial score (nSPS) is 10.3. The monoisotopic (exact) mass is 1580 g/mol. The number of nitrogen functional groups attached to an aromatic ring is 1. The summed E-state index contributed by atoms with van der Waals surface area (Å²) < 4.78 is 6.72. The Labute approximate surface area is 670 Å². The highest BCUT2D eigenvalue weighted by molar-refractivity contribution is 9.10. The van der Waals surface area contributed by atoms with Crippen molar-refractivity contribution >= 4 is 44.7 Å². The number of anilines is 2. The number of amides is 1. The van der Waals surface area contributed by atoms with Gasteiger partial charge in [-0.15, -0.1) is 0 Å². The summed E-state index contributed by atoms with van der Waals surface area (Å²) in [6, 6.07) is 60.1. The number of hydrogen-bond donors (Lipinski definition) is 4. The molecule has 3 aromatic carbocycles. The maximum atomic E-state index is 12.3. The molecule has 0 saturated carbocycles. The van der Waals surface area contributed by atoms with Crippen molar-refractivity contribution in [2.24, 2.45) is 0 Å². The number of carbonyl (C=O) groups is 2. The fraction of sp³-hybridized carbons (Fsp3) is 0.146. The zero-order valence-electron chi connectivity index (χ0n) is 63.7. The number of aromatic amines is 1. The highest BCUT2D eigenvalue weighted by atomic mass is 79.9. The molecule has 15 aromatic rings. The third-order valence-corrected chi connectivity index (χ3v) is 16.9. The second-order valence-electron chi connectivity index (χ2n) is 24.4. The molecule has 114 heavy (non-hydrogen) atoms. The van der Waals surface area contributed by atoms with Crippen molar-refractivity contribution < 1.29 is 19.6 Å². The summed E-state index contributed by atoms with van der Waals surface area (Å²) in [5.74, 6) is 10.6. The largest absolute Gasteiger partial charge is 0.399 e. The number of nitrogens with two attached hydrogens (primary N) is 1. The topological polar surface area (TPSA) is 321 Å². The second kappa shape index (κ2) is 44.9. The fourth-order valence-electron chi connectivity index (χ4n) is 10.3. The lowest BCUT2D eigenvalue weighted by molar-refractivity contribution is -0.384. The number of nitrogens with one attached hydrogen (secondary N) is 2. The molecule has 24 nitrogen and oxygen atoms in total. The standard InChI is InChI=1S/C22H19N5O.C16H14N4O2.C16H16N4.C10H11N3.C10H11NO.C10H9NO.C5H4BrN/c1-2-19-13-21(16-5-3-11-23-14-16)26-27(19)20-9-7-18(8-10-20)25-22(28)17-6-4-12-24-15-17;1-2-13-10-16(12-4-3-9-17-11-12)18-19(13)14-5-7-15(8-6-14)20(21)22;1-2-14-10-16(12-4-3-9-18-11-12)19-20(14)15-7-5-13(17)6-8-15;1-2-9-6-10(13-12-9)8-4-3-5-11-7-8;2*1-2-10(12)6-5-9-4-3-7-11-8-9;6-5-2-1-3-7-4-5/h3-15H,2H2,1H3,(H,25,28);3-11H,2H2,1H3;3-11H,2,17H2,1H3;3-7H,2H2,1H3,(H,12,13);3-4,7-8,10,12H,2H2,1H3;3-4,7-8H,2H2,1H3;1-4H. The Balaban J connectivity index is 0.000000158. The molecule has 0 radical (unpaired) electrons. The minimum atomic E-state index is -0.523. The van der Waals surface area contributed by atoms with E-state index in [0.29, 0.717) is 18.4 Å². The molecule has 0 saturated heterocycles. The summed E-state index contributed by atoms with van der Waals surface area (Å²) >= 11 is 3.25. The number of benzene rings is 3. The number of H-pyrrole nitrogens is 1. The molecule has 0 fully saturated rings. The first-order valence-corrected chi connectivity index (χ1v) is 37.4. The quantitative estimate of drug-likeness (QED) is 0.0302. The maximum absolute atomic E-state index is 12.3. The smallest absolute Gasteiger partial charge is 0.269 e. The Morgan fingerprint density at radius 1 is 0.491 bits per heavy atom. The van der Waals surface area contributed by atoms with Gasteiger partial charge < -0.3 is 16.2 Å². The van der Waals surface area contributed by atoms with Crippen molar-refractivity contribution in [3.63, 3.8) is 0 Å². The summed E-state index contributed by atoms with van der Waals surface area (Å²) in [5.41, 5.74) is 24.3. The number of ketones is 1. The average Bonchev–Trinajstić information content (AvgIpc) is 1.68. The van der Waals surface area contributed by atoms with Crippen LogP contribution in [-0.4, -0.2) is 107 Å². The van der Waals surface area contributed by atoms with E-state index in [1.165, 1.54) is 12.1 Å². The first-order chi connectivity index (χ1) is 55.6. The van der Waals surface area contributed by atoms with Crippen LogP contribution in [0.5, 0.6) is 0 Å². The Kier molecular flexibility index (Phi) is 33.0. The molecular weight excluding hydrogens is 1500 g/mol. The number of hydrogen-bond acceptors (Lipinski definition) is 18. The van der Waals surface area contributed by atoms with Crippen LogP contribution in [0.3, 0.4) is 0 Å². The summed E-state index contributed by atoms with van der Waals surface area (Å²) in [6.45, 7) is 12.1. The van der Waals surface area contributed by atoms with E-state index in [2.05, 4.69) is 144 Å². The molecule has 0 spiro atoms. The predicted molar refractivity (Wildman–Crippen MR) is 449 cm³/mol. The van der Waals surface area contributed by atoms with E-state index in [1.54, 1.807) is 118 Å². The molecule has 1 unspecified atom stereocenters. The van der Waals surface area contributed by atoms with Gasteiger partial charge >= 0.3 is 0 Å². The number of nitro benzene ring substituents is 1. The van der Waals surface area contributed by atoms with Crippen molar-refractivity contribution in [3.05, 3.63) is 347 Å². The molecule has 0 aliphatic heterocycles. The van der Waals surface area contributed by atoms with Crippen LogP contribution in [0.25, 0.3) is 62.1 Å². The molecule has 25 heteroatoms. The Bertz CT molecular complexity index is 5530. The van der Waals surface area contributed by atoms with Gasteiger partial charge in [-0.1, -0.05) is 59.3 Å². The van der Waals surface area contributed by atoms with Crippen molar-refractivity contribution in [2.75, 3.05) is 11.1 Å². The van der Waals surface area contributed by atoms with Crippen molar-refractivity contribution in [1.82, 2.24) is 79.4 Å². The SMILES string of the molecule is Brc1cccnc1.CCC(=O)C#Cc1cccnc1.CCC(O)C#Cc1cccnc1.CCc1cc(-c2cccnc2)n[nH]1.CCc1cc(-c2cccnc2)nn1-c1ccc(N)cc1.CCc1cc(-c2cccnc2)nn1-c1ccc(NC(=O)c2cccnc2)cc1.CCc1cc(-c2cccnc2)nn1-c1ccc([N+](=O)[O-])cc1. The molecular formula is C89H84BrN19O5. The minimum absolute atomic E-state index is 0.0427. The molecule has 0 aliphatic carbocycles. The molecule has 15 rings (SSSR count). The second-order valence-corrected chi connectivity index (χ2v) is 25.4. The van der Waals surface area contributed by atoms with Gasteiger partial charge in [0.05, 0.1) is 50.3 Å². The van der Waals surface area contributed by atoms with E-state index < -0.39 is 11.0 Å². The van der Waals surface area contributed by atoms with E-state index >= 15 is 0 Å². The van der Waals surface area contributed by atoms with Gasteiger partial charge in [0.1, 0.15) is 6.10 Å². The third kappa shape index (κ3) is 26.2. The minimum Gasteiger partial charge on any atom is -0.399 e. The van der Waals surface area contributed by atoms with Crippen LogP contribution in [0.1, 0.15) is 98.6 Å². The lowest BCUT2D eigenvalue weighted by Gasteiger charge is -2.08. The number of halogens is 1. The van der Waals surface area contributed by atoms with E-state index in [9.17, 15) is 19.7 Å². The van der Waals surface area contributed by atoms with Crippen LogP contribution in [0, 0.1) is 33.8 Å². The number of nitro groups is 1. The first kappa shape index (κ1) is 83.6. The number of aryl methyl sites for hydroxylation is 4. The van der Waals surface area contributed by atoms with Gasteiger partial charge in [0.2, 0.25) is 5.78 Å². The number of nitrogens with zero attached hydrogens (tertiary/aromatic N) is 16. The van der Waals surface area contributed by atoms with Crippen LogP contribution in [0.4, 0.5) is 17.1 Å². The van der Waals surface area contributed by atoms with Crippen LogP contribution >= 0.6 is 15.9 Å². The molecule has 1 atom stereocenters. The maximum Gasteiger partial charge on any atom is 0.269 e. The van der Waals surface area contributed by atoms with Gasteiger partial charge in [-0.25, -0.2) is 14.0 Å². The number of carbonyl (C=O) groups excluding carboxylic acids is 2. The van der Waals surface area contributed by atoms with E-state index in [1.807, 2.05) is 180 Å². The van der Waals surface area contributed by atoms with E-state index in [4.69, 9.17) is 15.9 Å². The van der Waals surface area contributed by atoms with Gasteiger partial charge in [0, 0.05) is 190 Å². The third-order valence-electron chi connectivity index (χ3n) is 16.4. The average molecular weight is 1580 g/mol. The summed E-state index contributed by atoms with van der Waals surface area (Å²) in [7, 11) is 0. The molecule has 572 valence electrons. The zero-order valence-corrected chi connectivity index (χ0v) is 65.3. The number of aromatic nitrogens is 16. The van der Waals surface area contributed by atoms with E-state index in [-0.39, 0.29) is 17.4 Å². The van der Waals surface area contributed by atoms with Gasteiger partial charge in [0.25, 0.3) is 11.6 Å². The van der Waals surface area contributed by atoms with Crippen LogP contribution in [0.15, 0.2) is 298 Å².